The molecule has 7 heteroatoms. The van der Waals surface area contributed by atoms with Gasteiger partial charge in [-0.2, -0.15) is 23.7 Å². The summed E-state index contributed by atoms with van der Waals surface area (Å²) in [7, 11) is 0. The van der Waals surface area contributed by atoms with Crippen LogP contribution in [0.2, 0.25) is 0 Å². The molecule has 0 radical (unpaired) electrons. The Hall–Kier alpha value is -1.60. The highest BCUT2D eigenvalue weighted by Gasteiger charge is 2.37. The second-order valence-corrected chi connectivity index (χ2v) is 7.09. The van der Waals surface area contributed by atoms with Crippen molar-refractivity contribution in [2.24, 2.45) is 5.41 Å². The van der Waals surface area contributed by atoms with Crippen molar-refractivity contribution in [2.45, 2.75) is 51.6 Å². The van der Waals surface area contributed by atoms with Crippen LogP contribution in [0.3, 0.4) is 0 Å². The van der Waals surface area contributed by atoms with Crippen LogP contribution in [0.4, 0.5) is 13.2 Å². The highest BCUT2D eigenvalue weighted by molar-refractivity contribution is 7.11. The summed E-state index contributed by atoms with van der Waals surface area (Å²) < 4.78 is 37.0. The van der Waals surface area contributed by atoms with Crippen LogP contribution < -0.4 is 0 Å². The molecule has 114 valence electrons. The van der Waals surface area contributed by atoms with Gasteiger partial charge >= 0.3 is 6.18 Å². The van der Waals surface area contributed by atoms with E-state index in [-0.39, 0.29) is 11.8 Å². The molecular weight excluding hydrogens is 299 g/mol. The third kappa shape index (κ3) is 5.02. The molecule has 1 aromatic heterocycles. The smallest absolute Gasteiger partial charge is 0.249 e. The van der Waals surface area contributed by atoms with Gasteiger partial charge in [0.15, 0.2) is 0 Å². The molecule has 0 aliphatic heterocycles. The van der Waals surface area contributed by atoms with Crippen molar-refractivity contribution in [1.82, 2.24) is 4.98 Å². The van der Waals surface area contributed by atoms with Crippen molar-refractivity contribution in [2.75, 3.05) is 0 Å². The molecule has 0 fully saturated rings. The molecule has 0 atom stereocenters. The standard InChI is InChI=1S/C14H16F3N3S/c1-12(2,3)11-20-7-10(21-11)6-13(8-18,9-19)4-5-14(15,16)17/h7H,4-6H2,1-3H3. The Labute approximate surface area is 126 Å². The first-order chi connectivity index (χ1) is 9.51. The van der Waals surface area contributed by atoms with Crippen LogP contribution in [0.25, 0.3) is 0 Å². The third-order valence-corrected chi connectivity index (χ3v) is 4.36. The van der Waals surface area contributed by atoms with Crippen LogP contribution in [0.15, 0.2) is 6.20 Å². The number of alkyl halides is 3. The van der Waals surface area contributed by atoms with E-state index in [1.165, 1.54) is 11.3 Å². The summed E-state index contributed by atoms with van der Waals surface area (Å²) in [6.45, 7) is 5.92. The molecule has 0 unspecified atom stereocenters. The molecule has 0 amide bonds. The number of hydrogen-bond acceptors (Lipinski definition) is 4. The SMILES string of the molecule is CC(C)(C)c1ncc(CC(C#N)(C#N)CCC(F)(F)F)s1. The van der Waals surface area contributed by atoms with Crippen molar-refractivity contribution in [3.05, 3.63) is 16.1 Å². The molecule has 0 aliphatic rings. The van der Waals surface area contributed by atoms with Crippen molar-refractivity contribution in [3.8, 4) is 12.1 Å². The zero-order valence-corrected chi connectivity index (χ0v) is 12.9. The molecule has 21 heavy (non-hydrogen) atoms. The predicted molar refractivity (Wildman–Crippen MR) is 73.5 cm³/mol. The van der Waals surface area contributed by atoms with E-state index in [9.17, 15) is 13.2 Å². The number of rotatable bonds is 4. The van der Waals surface area contributed by atoms with Crippen LogP contribution in [0, 0.1) is 28.1 Å². The Morgan fingerprint density at radius 3 is 2.10 bits per heavy atom. The van der Waals surface area contributed by atoms with Gasteiger partial charge in [0, 0.05) is 29.3 Å². The van der Waals surface area contributed by atoms with Crippen LogP contribution in [-0.4, -0.2) is 11.2 Å². The molecule has 0 bridgehead atoms. The van der Waals surface area contributed by atoms with E-state index in [2.05, 4.69) is 4.98 Å². The summed E-state index contributed by atoms with van der Waals surface area (Å²) in [6, 6.07) is 3.50. The Balaban J connectivity index is 2.92. The lowest BCUT2D eigenvalue weighted by atomic mass is 9.82. The van der Waals surface area contributed by atoms with E-state index >= 15 is 0 Å². The summed E-state index contributed by atoms with van der Waals surface area (Å²) in [5.41, 5.74) is -1.83. The van der Waals surface area contributed by atoms with Crippen molar-refractivity contribution in [3.63, 3.8) is 0 Å². The predicted octanol–water partition coefficient (Wildman–Crippen LogP) is 4.36. The van der Waals surface area contributed by atoms with E-state index in [1.54, 1.807) is 18.3 Å². The minimum Gasteiger partial charge on any atom is -0.249 e. The molecule has 1 rings (SSSR count). The molecule has 0 aromatic carbocycles. The highest BCUT2D eigenvalue weighted by Crippen LogP contribution is 2.35. The number of nitrogens with zero attached hydrogens (tertiary/aromatic N) is 3. The van der Waals surface area contributed by atoms with Gasteiger partial charge in [0.25, 0.3) is 0 Å². The van der Waals surface area contributed by atoms with Gasteiger partial charge in [0.2, 0.25) is 0 Å². The van der Waals surface area contributed by atoms with Crippen molar-refractivity contribution >= 4 is 11.3 Å². The largest absolute Gasteiger partial charge is 0.389 e. The maximum absolute atomic E-state index is 12.3. The third-order valence-electron chi connectivity index (χ3n) is 2.93. The molecule has 1 aromatic rings. The summed E-state index contributed by atoms with van der Waals surface area (Å²) in [5, 5.41) is 19.1. The first-order valence-corrected chi connectivity index (χ1v) is 7.17. The molecule has 0 saturated carbocycles. The zero-order valence-electron chi connectivity index (χ0n) is 12.1. The fourth-order valence-electron chi connectivity index (χ4n) is 1.69. The van der Waals surface area contributed by atoms with Crippen molar-refractivity contribution < 1.29 is 13.2 Å². The van der Waals surface area contributed by atoms with E-state index in [0.717, 1.165) is 5.01 Å². The van der Waals surface area contributed by atoms with E-state index in [4.69, 9.17) is 10.5 Å². The fourth-order valence-corrected chi connectivity index (χ4v) is 2.78. The lowest BCUT2D eigenvalue weighted by molar-refractivity contribution is -0.138. The molecule has 0 saturated heterocycles. The second kappa shape index (κ2) is 6.03. The van der Waals surface area contributed by atoms with E-state index < -0.39 is 24.4 Å². The fraction of sp³-hybridized carbons (Fsp3) is 0.643. The molecular formula is C14H16F3N3S. The summed E-state index contributed by atoms with van der Waals surface area (Å²) in [5.74, 6) is 0. The molecule has 0 spiro atoms. The Kier molecular flexibility index (Phi) is 5.01. The normalized spacial score (nSPS) is 12.8. The van der Waals surface area contributed by atoms with Crippen LogP contribution in [-0.2, 0) is 11.8 Å². The van der Waals surface area contributed by atoms with Gasteiger partial charge in [0.1, 0.15) is 5.41 Å². The van der Waals surface area contributed by atoms with Gasteiger partial charge in [-0.3, -0.25) is 0 Å². The number of thiazole rings is 1. The average Bonchev–Trinajstić information content (AvgIpc) is 2.82. The first kappa shape index (κ1) is 17.5. The Bertz CT molecular complexity index is 556. The summed E-state index contributed by atoms with van der Waals surface area (Å²) in [6.07, 6.45) is -4.51. The molecule has 0 aliphatic carbocycles. The van der Waals surface area contributed by atoms with Crippen LogP contribution in [0.1, 0.15) is 43.5 Å². The number of nitriles is 2. The quantitative estimate of drug-likeness (QED) is 0.829. The number of aromatic nitrogens is 1. The monoisotopic (exact) mass is 315 g/mol. The van der Waals surface area contributed by atoms with Gasteiger partial charge in [-0.05, 0) is 6.42 Å². The van der Waals surface area contributed by atoms with E-state index in [0.29, 0.717) is 4.88 Å². The van der Waals surface area contributed by atoms with Crippen LogP contribution >= 0.6 is 11.3 Å². The van der Waals surface area contributed by atoms with Gasteiger partial charge in [0.05, 0.1) is 17.1 Å². The summed E-state index contributed by atoms with van der Waals surface area (Å²) in [4.78, 5) is 4.88. The maximum atomic E-state index is 12.3. The Morgan fingerprint density at radius 1 is 1.14 bits per heavy atom. The Morgan fingerprint density at radius 2 is 1.71 bits per heavy atom. The first-order valence-electron chi connectivity index (χ1n) is 6.36. The average molecular weight is 315 g/mol. The lowest BCUT2D eigenvalue weighted by Gasteiger charge is -2.18. The highest BCUT2D eigenvalue weighted by atomic mass is 32.1. The number of halogens is 3. The van der Waals surface area contributed by atoms with E-state index in [1.807, 2.05) is 20.8 Å². The van der Waals surface area contributed by atoms with Gasteiger partial charge < -0.3 is 0 Å². The molecule has 1 heterocycles. The van der Waals surface area contributed by atoms with Gasteiger partial charge in [-0.25, -0.2) is 4.98 Å². The molecule has 0 N–H and O–H groups in total. The summed E-state index contributed by atoms with van der Waals surface area (Å²) >= 11 is 1.34. The number of hydrogen-bond donors (Lipinski definition) is 0. The maximum Gasteiger partial charge on any atom is 0.389 e. The second-order valence-electron chi connectivity index (χ2n) is 5.98. The van der Waals surface area contributed by atoms with Gasteiger partial charge in [-0.15, -0.1) is 11.3 Å². The van der Waals surface area contributed by atoms with Crippen molar-refractivity contribution in [1.29, 1.82) is 10.5 Å². The lowest BCUT2D eigenvalue weighted by Crippen LogP contribution is -2.22. The minimum atomic E-state index is -4.37. The molecule has 3 nitrogen and oxygen atoms in total. The topological polar surface area (TPSA) is 60.5 Å². The minimum absolute atomic E-state index is 0.0240. The van der Waals surface area contributed by atoms with Gasteiger partial charge in [-0.1, -0.05) is 20.8 Å². The zero-order chi connectivity index (χ0) is 16.3. The van der Waals surface area contributed by atoms with Crippen LogP contribution in [0.5, 0.6) is 0 Å².